The summed E-state index contributed by atoms with van der Waals surface area (Å²) in [5.74, 6) is 0.0257. The van der Waals surface area contributed by atoms with Crippen LogP contribution in [0.1, 0.15) is 13.3 Å². The average molecular weight is 258 g/mol. The number of nitro groups is 1. The fourth-order valence-electron chi connectivity index (χ4n) is 1.44. The number of aromatic nitrogens is 2. The van der Waals surface area contributed by atoms with E-state index in [9.17, 15) is 15.2 Å². The van der Waals surface area contributed by atoms with Gasteiger partial charge in [-0.3, -0.25) is 4.57 Å². The Bertz CT molecular complexity index is 416. The minimum Gasteiger partial charge on any atom is -0.388 e. The first-order valence-corrected chi connectivity index (χ1v) is 5.48. The monoisotopic (exact) mass is 258 g/mol. The highest BCUT2D eigenvalue weighted by Gasteiger charge is 2.24. The van der Waals surface area contributed by atoms with Gasteiger partial charge in [0, 0.05) is 33.7 Å². The van der Waals surface area contributed by atoms with Crippen LogP contribution in [0.3, 0.4) is 0 Å². The van der Waals surface area contributed by atoms with Gasteiger partial charge in [-0.05, 0) is 16.8 Å². The molecule has 0 bridgehead atoms. The molecule has 18 heavy (non-hydrogen) atoms. The number of hydrogen-bond donors (Lipinski definition) is 2. The van der Waals surface area contributed by atoms with E-state index in [0.717, 1.165) is 0 Å². The van der Waals surface area contributed by atoms with Crippen LogP contribution in [0.5, 0.6) is 0 Å². The third-order valence-corrected chi connectivity index (χ3v) is 2.57. The summed E-state index contributed by atoms with van der Waals surface area (Å²) in [7, 11) is 3.20. The topological polar surface area (TPSA) is 102 Å². The molecule has 0 aromatic carbocycles. The number of ether oxygens (including phenoxy) is 1. The lowest BCUT2D eigenvalue weighted by Gasteiger charge is -2.23. The van der Waals surface area contributed by atoms with Gasteiger partial charge in [-0.25, -0.2) is 0 Å². The first-order valence-electron chi connectivity index (χ1n) is 5.48. The lowest BCUT2D eigenvalue weighted by Crippen LogP contribution is -2.35. The fourth-order valence-corrected chi connectivity index (χ4v) is 1.44. The van der Waals surface area contributed by atoms with E-state index in [2.05, 4.69) is 10.3 Å². The van der Waals surface area contributed by atoms with Crippen LogP contribution in [-0.4, -0.2) is 45.4 Å². The van der Waals surface area contributed by atoms with Crippen molar-refractivity contribution in [2.24, 2.45) is 7.05 Å². The quantitative estimate of drug-likeness (QED) is 0.546. The molecule has 0 aliphatic rings. The molecule has 0 spiro atoms. The normalized spacial score (nSPS) is 14.2. The minimum absolute atomic E-state index is 0.177. The van der Waals surface area contributed by atoms with Gasteiger partial charge in [0.2, 0.25) is 12.1 Å². The Morgan fingerprint density at radius 2 is 2.39 bits per heavy atom. The molecule has 0 radical (unpaired) electrons. The molecule has 1 unspecified atom stereocenters. The van der Waals surface area contributed by atoms with Crippen molar-refractivity contribution in [2.75, 3.05) is 25.6 Å². The zero-order chi connectivity index (χ0) is 13.8. The van der Waals surface area contributed by atoms with Gasteiger partial charge in [0.1, 0.15) is 0 Å². The molecule has 8 nitrogen and oxygen atoms in total. The van der Waals surface area contributed by atoms with Gasteiger partial charge in [0.05, 0.1) is 5.60 Å². The first kappa shape index (κ1) is 14.4. The number of nitrogens with one attached hydrogen (secondary N) is 1. The number of imidazole rings is 1. The molecule has 102 valence electrons. The molecular formula is C10H18N4O4. The number of methoxy groups -OCH3 is 1. The Kier molecular flexibility index (Phi) is 4.62. The van der Waals surface area contributed by atoms with E-state index in [4.69, 9.17) is 4.74 Å². The van der Waals surface area contributed by atoms with E-state index >= 15 is 0 Å². The predicted molar refractivity (Wildman–Crippen MR) is 65.5 cm³/mol. The van der Waals surface area contributed by atoms with Crippen molar-refractivity contribution in [3.8, 4) is 0 Å². The number of aryl methyl sites for hydroxylation is 1. The maximum Gasteiger partial charge on any atom is 0.406 e. The summed E-state index contributed by atoms with van der Waals surface area (Å²) >= 11 is 0. The summed E-state index contributed by atoms with van der Waals surface area (Å²) in [4.78, 5) is 13.8. The maximum absolute atomic E-state index is 10.7. The van der Waals surface area contributed by atoms with Crippen molar-refractivity contribution in [1.82, 2.24) is 9.55 Å². The van der Waals surface area contributed by atoms with Crippen molar-refractivity contribution in [3.63, 3.8) is 0 Å². The Hall–Kier alpha value is -1.67. The molecule has 1 heterocycles. The lowest BCUT2D eigenvalue weighted by atomic mass is 10.0. The van der Waals surface area contributed by atoms with Crippen LogP contribution in [-0.2, 0) is 11.8 Å². The van der Waals surface area contributed by atoms with E-state index < -0.39 is 10.5 Å². The minimum atomic E-state index is -1.01. The lowest BCUT2D eigenvalue weighted by molar-refractivity contribution is -0.388. The summed E-state index contributed by atoms with van der Waals surface area (Å²) in [6.07, 6.45) is 1.78. The van der Waals surface area contributed by atoms with E-state index in [1.54, 1.807) is 21.1 Å². The number of aliphatic hydroxyl groups is 1. The Labute approximate surface area is 105 Å². The zero-order valence-corrected chi connectivity index (χ0v) is 10.7. The van der Waals surface area contributed by atoms with Crippen LogP contribution in [0.25, 0.3) is 0 Å². The van der Waals surface area contributed by atoms with Crippen molar-refractivity contribution in [3.05, 3.63) is 16.4 Å². The van der Waals surface area contributed by atoms with E-state index in [1.165, 1.54) is 10.9 Å². The van der Waals surface area contributed by atoms with Crippen molar-refractivity contribution >= 4 is 11.6 Å². The van der Waals surface area contributed by atoms with Gasteiger partial charge >= 0.3 is 5.82 Å². The van der Waals surface area contributed by atoms with Crippen LogP contribution in [0, 0.1) is 10.1 Å². The maximum atomic E-state index is 10.7. The van der Waals surface area contributed by atoms with Crippen molar-refractivity contribution in [1.29, 1.82) is 0 Å². The smallest absolute Gasteiger partial charge is 0.388 e. The molecule has 0 saturated heterocycles. The second kappa shape index (κ2) is 5.78. The van der Waals surface area contributed by atoms with Crippen LogP contribution in [0.15, 0.2) is 6.33 Å². The molecule has 0 aliphatic heterocycles. The predicted octanol–water partition coefficient (Wildman–Crippen LogP) is 0.528. The molecule has 1 atom stereocenters. The molecule has 0 saturated carbocycles. The third kappa shape index (κ3) is 3.67. The molecule has 1 rings (SSSR count). The van der Waals surface area contributed by atoms with Crippen molar-refractivity contribution < 1.29 is 14.8 Å². The van der Waals surface area contributed by atoms with Gasteiger partial charge in [0.15, 0.2) is 0 Å². The van der Waals surface area contributed by atoms with Crippen LogP contribution >= 0.6 is 0 Å². The van der Waals surface area contributed by atoms with Crippen LogP contribution < -0.4 is 5.32 Å². The SMILES string of the molecule is COCCC(C)(O)CNc1c([N+](=O)[O-])ncn1C. The van der Waals surface area contributed by atoms with Gasteiger partial charge in [-0.1, -0.05) is 0 Å². The van der Waals surface area contributed by atoms with E-state index in [1.807, 2.05) is 0 Å². The van der Waals surface area contributed by atoms with Gasteiger partial charge in [-0.2, -0.15) is 0 Å². The largest absolute Gasteiger partial charge is 0.406 e. The van der Waals surface area contributed by atoms with Gasteiger partial charge < -0.3 is 25.3 Å². The second-order valence-electron chi connectivity index (χ2n) is 4.38. The number of anilines is 1. The molecule has 0 aliphatic carbocycles. The molecule has 8 heteroatoms. The number of nitrogens with zero attached hydrogens (tertiary/aromatic N) is 3. The van der Waals surface area contributed by atoms with E-state index in [0.29, 0.717) is 13.0 Å². The van der Waals surface area contributed by atoms with E-state index in [-0.39, 0.29) is 18.2 Å². The highest BCUT2D eigenvalue weighted by Crippen LogP contribution is 2.22. The molecule has 0 amide bonds. The second-order valence-corrected chi connectivity index (χ2v) is 4.38. The molecular weight excluding hydrogens is 240 g/mol. The Morgan fingerprint density at radius 3 is 2.94 bits per heavy atom. The van der Waals surface area contributed by atoms with Crippen LogP contribution in [0.2, 0.25) is 0 Å². The highest BCUT2D eigenvalue weighted by atomic mass is 16.6. The number of rotatable bonds is 7. The summed E-state index contributed by atoms with van der Waals surface area (Å²) in [5, 5.41) is 23.6. The Balaban J connectivity index is 2.68. The van der Waals surface area contributed by atoms with Crippen LogP contribution in [0.4, 0.5) is 11.6 Å². The summed E-state index contributed by atoms with van der Waals surface area (Å²) < 4.78 is 6.39. The fraction of sp³-hybridized carbons (Fsp3) is 0.700. The summed E-state index contributed by atoms with van der Waals surface area (Å²) in [5.41, 5.74) is -1.01. The summed E-state index contributed by atoms with van der Waals surface area (Å²) in [6, 6.07) is 0. The third-order valence-electron chi connectivity index (χ3n) is 2.57. The Morgan fingerprint density at radius 1 is 1.72 bits per heavy atom. The van der Waals surface area contributed by atoms with Gasteiger partial charge in [-0.15, -0.1) is 0 Å². The zero-order valence-electron chi connectivity index (χ0n) is 10.7. The first-order chi connectivity index (χ1) is 8.37. The standard InChI is InChI=1S/C10H18N4O4/c1-10(15,4-5-18-3)6-11-8-9(14(16)17)12-7-13(8)2/h7,11,15H,4-6H2,1-3H3. The molecule has 1 aromatic heterocycles. The highest BCUT2D eigenvalue weighted by molar-refractivity contribution is 5.52. The van der Waals surface area contributed by atoms with Crippen molar-refractivity contribution in [2.45, 2.75) is 18.9 Å². The summed E-state index contributed by atoms with van der Waals surface area (Å²) in [6.45, 7) is 2.24. The molecule has 1 aromatic rings. The van der Waals surface area contributed by atoms with Gasteiger partial charge in [0.25, 0.3) is 0 Å². The average Bonchev–Trinajstić information content (AvgIpc) is 2.66. The molecule has 2 N–H and O–H groups in total. The molecule has 0 fully saturated rings. The number of hydrogen-bond acceptors (Lipinski definition) is 6.